The summed E-state index contributed by atoms with van der Waals surface area (Å²) in [7, 11) is 0. The number of imide groups is 2. The van der Waals surface area contributed by atoms with Crippen LogP contribution in [0, 0.1) is 40.7 Å². The number of carbonyl (C=O) groups is 5. The highest BCUT2D eigenvalue weighted by atomic mass is 35.5. The van der Waals surface area contributed by atoms with Crippen LogP contribution < -0.4 is 4.90 Å². The third-order valence-corrected chi connectivity index (χ3v) is 9.89. The number of phenolic OH excluding ortho intramolecular Hbond substituents is 1. The molecule has 2 aromatic carbocycles. The van der Waals surface area contributed by atoms with E-state index in [4.69, 9.17) is 16.7 Å². The van der Waals surface area contributed by atoms with E-state index in [-0.39, 0.29) is 42.9 Å². The zero-order chi connectivity index (χ0) is 31.0. The van der Waals surface area contributed by atoms with E-state index >= 15 is 0 Å². The van der Waals surface area contributed by atoms with Crippen LogP contribution >= 0.6 is 11.6 Å². The van der Waals surface area contributed by atoms with Crippen molar-refractivity contribution in [3.05, 3.63) is 70.3 Å². The number of hydrogen-bond acceptors (Lipinski definition) is 6. The number of carbonyl (C=O) groups excluding carboxylic acids is 4. The number of aromatic hydroxyl groups is 1. The minimum Gasteiger partial charge on any atom is -0.505 e. The van der Waals surface area contributed by atoms with Crippen LogP contribution in [-0.2, 0) is 24.0 Å². The summed E-state index contributed by atoms with van der Waals surface area (Å²) in [5.74, 6) is -9.46. The van der Waals surface area contributed by atoms with Gasteiger partial charge in [0.25, 0.3) is 0 Å². The lowest BCUT2D eigenvalue weighted by atomic mass is 9.51. The quantitative estimate of drug-likeness (QED) is 0.365. The maximum atomic E-state index is 14.8. The van der Waals surface area contributed by atoms with E-state index in [1.165, 1.54) is 18.2 Å². The zero-order valence-electron chi connectivity index (χ0n) is 22.9. The van der Waals surface area contributed by atoms with Gasteiger partial charge in [-0.3, -0.25) is 28.9 Å². The summed E-state index contributed by atoms with van der Waals surface area (Å²) in [5.41, 5.74) is -0.450. The average Bonchev–Trinajstić information content (AvgIpc) is 3.31. The van der Waals surface area contributed by atoms with Crippen LogP contribution in [0.1, 0.15) is 44.1 Å². The lowest BCUT2D eigenvalue weighted by molar-refractivity contribution is -0.142. The van der Waals surface area contributed by atoms with Crippen molar-refractivity contribution in [2.24, 2.45) is 29.1 Å². The molecule has 2 aliphatic carbocycles. The standard InChI is InChI=1S/C31H27ClF2N2O7/c1-31-19(28(41)36(30(31)43)15-5-8-21(33)20(32)12-15)13-18-16(26(31)14-4-9-23(37)22(34)11-14)6-7-17-25(18)29(42)35(27(17)40)10-2-3-24(38)39/h4-6,8-9,11-12,17-19,25-26,37H,2-3,7,10,13H2,1H3,(H,38,39). The molecule has 4 aliphatic rings. The first-order valence-electron chi connectivity index (χ1n) is 13.9. The maximum Gasteiger partial charge on any atom is 0.303 e. The molecule has 12 heteroatoms. The molecule has 9 nitrogen and oxygen atoms in total. The summed E-state index contributed by atoms with van der Waals surface area (Å²) in [6, 6.07) is 7.22. The molecule has 2 heterocycles. The van der Waals surface area contributed by atoms with Gasteiger partial charge in [-0.1, -0.05) is 29.3 Å². The van der Waals surface area contributed by atoms with Gasteiger partial charge in [0.05, 0.1) is 33.9 Å². The van der Waals surface area contributed by atoms with E-state index in [9.17, 15) is 37.9 Å². The fraction of sp³-hybridized carbons (Fsp3) is 0.387. The highest BCUT2D eigenvalue weighted by molar-refractivity contribution is 6.31. The predicted molar refractivity (Wildman–Crippen MR) is 148 cm³/mol. The predicted octanol–water partition coefficient (Wildman–Crippen LogP) is 4.42. The number of phenols is 1. The number of halogens is 3. The summed E-state index contributed by atoms with van der Waals surface area (Å²) < 4.78 is 28.7. The van der Waals surface area contributed by atoms with Crippen molar-refractivity contribution in [2.75, 3.05) is 11.4 Å². The molecule has 0 radical (unpaired) electrons. The Balaban J connectivity index is 1.45. The topological polar surface area (TPSA) is 132 Å². The Hall–Kier alpha value is -4.12. The molecule has 2 aromatic rings. The second-order valence-electron chi connectivity index (χ2n) is 11.8. The van der Waals surface area contributed by atoms with Crippen molar-refractivity contribution in [3.63, 3.8) is 0 Å². The third kappa shape index (κ3) is 4.27. The SMILES string of the molecule is CC12C(=O)N(c3ccc(F)c(Cl)c3)C(=O)C1CC1C(=CCC3C(=O)N(CCCC(=O)O)C(=O)C31)C2c1ccc(O)c(F)c1. The number of benzene rings is 2. The summed E-state index contributed by atoms with van der Waals surface area (Å²) in [5, 5.41) is 18.6. The molecular formula is C31H27ClF2N2O7. The lowest BCUT2D eigenvalue weighted by Crippen LogP contribution is -2.48. The van der Waals surface area contributed by atoms with Crippen molar-refractivity contribution in [3.8, 4) is 5.75 Å². The van der Waals surface area contributed by atoms with E-state index < -0.39 is 82.0 Å². The van der Waals surface area contributed by atoms with E-state index in [0.717, 1.165) is 28.0 Å². The first-order chi connectivity index (χ1) is 20.4. The molecule has 6 unspecified atom stereocenters. The summed E-state index contributed by atoms with van der Waals surface area (Å²) >= 11 is 5.98. The van der Waals surface area contributed by atoms with Crippen molar-refractivity contribution in [1.29, 1.82) is 0 Å². The van der Waals surface area contributed by atoms with Gasteiger partial charge in [-0.05, 0) is 68.0 Å². The molecule has 43 heavy (non-hydrogen) atoms. The summed E-state index contributed by atoms with van der Waals surface area (Å²) in [6.07, 6.45) is 1.90. The van der Waals surface area contributed by atoms with Gasteiger partial charge in [0.1, 0.15) is 5.82 Å². The number of carboxylic acids is 1. The molecule has 2 aliphatic heterocycles. The number of anilines is 1. The highest BCUT2D eigenvalue weighted by Crippen LogP contribution is 2.63. The molecule has 6 atom stereocenters. The molecule has 6 rings (SSSR count). The zero-order valence-corrected chi connectivity index (χ0v) is 23.7. The first kappa shape index (κ1) is 29.0. The molecule has 0 bridgehead atoms. The molecule has 3 fully saturated rings. The second kappa shape index (κ2) is 10.3. The Labute approximate surface area is 249 Å². The van der Waals surface area contributed by atoms with E-state index in [0.29, 0.717) is 11.1 Å². The third-order valence-electron chi connectivity index (χ3n) is 9.60. The smallest absolute Gasteiger partial charge is 0.303 e. The minimum atomic E-state index is -1.45. The van der Waals surface area contributed by atoms with E-state index in [1.807, 2.05) is 0 Å². The number of aliphatic carboxylic acids is 1. The molecule has 224 valence electrons. The van der Waals surface area contributed by atoms with Crippen LogP contribution in [0.5, 0.6) is 5.75 Å². The van der Waals surface area contributed by atoms with Gasteiger partial charge in [-0.25, -0.2) is 13.7 Å². The van der Waals surface area contributed by atoms with E-state index in [1.54, 1.807) is 13.0 Å². The number of carboxylic acid groups (broad SMARTS) is 1. The van der Waals surface area contributed by atoms with Gasteiger partial charge in [-0.15, -0.1) is 0 Å². The number of fused-ring (bicyclic) bond motifs is 4. The Morgan fingerprint density at radius 1 is 1.02 bits per heavy atom. The van der Waals surface area contributed by atoms with Crippen molar-refractivity contribution in [1.82, 2.24) is 4.90 Å². The molecule has 0 spiro atoms. The molecule has 4 amide bonds. The van der Waals surface area contributed by atoms with Crippen molar-refractivity contribution < 1.29 is 43.0 Å². The van der Waals surface area contributed by atoms with Crippen LogP contribution in [0.25, 0.3) is 0 Å². The number of allylic oxidation sites excluding steroid dienone is 2. The minimum absolute atomic E-state index is 0.0523. The molecule has 2 N–H and O–H groups in total. The first-order valence-corrected chi connectivity index (χ1v) is 14.3. The number of amides is 4. The van der Waals surface area contributed by atoms with Crippen LogP contribution in [0.15, 0.2) is 48.0 Å². The van der Waals surface area contributed by atoms with Gasteiger partial charge >= 0.3 is 5.97 Å². The fourth-order valence-electron chi connectivity index (χ4n) is 7.64. The highest BCUT2D eigenvalue weighted by Gasteiger charge is 2.67. The Kier molecular flexibility index (Phi) is 6.91. The average molecular weight is 613 g/mol. The number of hydrogen-bond donors (Lipinski definition) is 2. The number of nitrogens with zero attached hydrogens (tertiary/aromatic N) is 2. The lowest BCUT2D eigenvalue weighted by Gasteiger charge is -2.49. The fourth-order valence-corrected chi connectivity index (χ4v) is 7.82. The van der Waals surface area contributed by atoms with Gasteiger partial charge in [0.2, 0.25) is 23.6 Å². The molecule has 1 saturated carbocycles. The largest absolute Gasteiger partial charge is 0.505 e. The molecular weight excluding hydrogens is 586 g/mol. The van der Waals surface area contributed by atoms with Crippen molar-refractivity contribution >= 4 is 46.9 Å². The number of likely N-dealkylation sites (tertiary alicyclic amines) is 1. The molecule has 0 aromatic heterocycles. The van der Waals surface area contributed by atoms with Crippen LogP contribution in [-0.4, -0.2) is 51.3 Å². The Bertz CT molecular complexity index is 1640. The number of rotatable bonds is 6. The Morgan fingerprint density at radius 3 is 2.44 bits per heavy atom. The van der Waals surface area contributed by atoms with Crippen molar-refractivity contribution in [2.45, 2.75) is 38.5 Å². The normalized spacial score (nSPS) is 29.9. The van der Waals surface area contributed by atoms with Gasteiger partial charge in [0, 0.05) is 18.9 Å². The molecule has 2 saturated heterocycles. The second-order valence-corrected chi connectivity index (χ2v) is 12.2. The van der Waals surface area contributed by atoms with Crippen LogP contribution in [0.4, 0.5) is 14.5 Å². The van der Waals surface area contributed by atoms with Gasteiger partial charge in [0.15, 0.2) is 11.6 Å². The Morgan fingerprint density at radius 2 is 1.77 bits per heavy atom. The monoisotopic (exact) mass is 612 g/mol. The van der Waals surface area contributed by atoms with Crippen LogP contribution in [0.2, 0.25) is 5.02 Å². The van der Waals surface area contributed by atoms with Crippen LogP contribution in [0.3, 0.4) is 0 Å². The summed E-state index contributed by atoms with van der Waals surface area (Å²) in [4.78, 5) is 68.4. The maximum absolute atomic E-state index is 14.8. The van der Waals surface area contributed by atoms with Gasteiger partial charge < -0.3 is 10.2 Å². The summed E-state index contributed by atoms with van der Waals surface area (Å²) in [6.45, 7) is 1.56. The van der Waals surface area contributed by atoms with Gasteiger partial charge in [-0.2, -0.15) is 0 Å². The van der Waals surface area contributed by atoms with E-state index in [2.05, 4.69) is 0 Å².